The molecule has 4 heterocycles. The standard InChI is InChI=1S/C16H17N5O3S/c22-15(17-9-11-3-1-7-23-11)10-25-16-19-18-14-6-5-12(20-21(14)16)13-4-2-8-24-13/h2,4-6,8,11H,1,3,7,9-10H2,(H,17,22)/t11-/m0/s1. The zero-order chi connectivity index (χ0) is 17.1. The molecular formula is C16H17N5O3S. The summed E-state index contributed by atoms with van der Waals surface area (Å²) in [6.07, 6.45) is 3.80. The van der Waals surface area contributed by atoms with Gasteiger partial charge in [-0.25, -0.2) is 0 Å². The van der Waals surface area contributed by atoms with Gasteiger partial charge in [-0.2, -0.15) is 9.61 Å². The number of nitrogens with zero attached hydrogens (tertiary/aromatic N) is 4. The zero-order valence-electron chi connectivity index (χ0n) is 13.4. The second-order valence-electron chi connectivity index (χ2n) is 5.68. The molecule has 130 valence electrons. The number of nitrogens with one attached hydrogen (secondary N) is 1. The van der Waals surface area contributed by atoms with Crippen molar-refractivity contribution in [2.24, 2.45) is 0 Å². The van der Waals surface area contributed by atoms with Crippen LogP contribution in [0.2, 0.25) is 0 Å². The summed E-state index contributed by atoms with van der Waals surface area (Å²) in [5.41, 5.74) is 1.31. The fourth-order valence-corrected chi connectivity index (χ4v) is 3.35. The van der Waals surface area contributed by atoms with Gasteiger partial charge in [0.05, 0.1) is 18.1 Å². The number of ether oxygens (including phenoxy) is 1. The first-order valence-electron chi connectivity index (χ1n) is 8.07. The van der Waals surface area contributed by atoms with Gasteiger partial charge >= 0.3 is 0 Å². The fraction of sp³-hybridized carbons (Fsp3) is 0.375. The summed E-state index contributed by atoms with van der Waals surface area (Å²) in [6, 6.07) is 7.29. The Bertz CT molecular complexity index is 858. The fourth-order valence-electron chi connectivity index (χ4n) is 2.63. The number of amides is 1. The van der Waals surface area contributed by atoms with E-state index in [9.17, 15) is 4.79 Å². The van der Waals surface area contributed by atoms with E-state index in [2.05, 4.69) is 20.6 Å². The Kier molecular flexibility index (Phi) is 4.66. The first-order valence-corrected chi connectivity index (χ1v) is 9.05. The molecular weight excluding hydrogens is 342 g/mol. The van der Waals surface area contributed by atoms with Crippen LogP contribution in [0.25, 0.3) is 17.1 Å². The van der Waals surface area contributed by atoms with Crippen molar-refractivity contribution in [2.75, 3.05) is 18.9 Å². The van der Waals surface area contributed by atoms with Crippen LogP contribution >= 0.6 is 11.8 Å². The van der Waals surface area contributed by atoms with E-state index >= 15 is 0 Å². The molecule has 1 aliphatic heterocycles. The molecule has 0 unspecified atom stereocenters. The molecule has 0 aromatic carbocycles. The Morgan fingerprint density at radius 2 is 2.32 bits per heavy atom. The molecule has 4 rings (SSSR count). The highest BCUT2D eigenvalue weighted by Gasteiger charge is 2.17. The van der Waals surface area contributed by atoms with Crippen molar-refractivity contribution in [1.29, 1.82) is 0 Å². The van der Waals surface area contributed by atoms with Gasteiger partial charge in [-0.05, 0) is 37.1 Å². The number of rotatable bonds is 6. The van der Waals surface area contributed by atoms with Crippen molar-refractivity contribution in [2.45, 2.75) is 24.1 Å². The number of furan rings is 1. The number of aromatic nitrogens is 4. The molecule has 0 spiro atoms. The van der Waals surface area contributed by atoms with E-state index in [1.165, 1.54) is 11.8 Å². The third kappa shape index (κ3) is 3.67. The molecule has 25 heavy (non-hydrogen) atoms. The molecule has 3 aromatic heterocycles. The van der Waals surface area contributed by atoms with Crippen molar-refractivity contribution >= 4 is 23.3 Å². The van der Waals surface area contributed by atoms with Gasteiger partial charge in [0.2, 0.25) is 11.1 Å². The van der Waals surface area contributed by atoms with Gasteiger partial charge in [0.1, 0.15) is 5.69 Å². The number of hydrogen-bond acceptors (Lipinski definition) is 7. The number of hydrogen-bond donors (Lipinski definition) is 1. The predicted octanol–water partition coefficient (Wildman–Crippen LogP) is 1.77. The summed E-state index contributed by atoms with van der Waals surface area (Å²) in [5.74, 6) is 0.862. The second-order valence-corrected chi connectivity index (χ2v) is 6.62. The van der Waals surface area contributed by atoms with Crippen LogP contribution < -0.4 is 5.32 Å². The highest BCUT2D eigenvalue weighted by atomic mass is 32.2. The van der Waals surface area contributed by atoms with Crippen LogP contribution in [0.15, 0.2) is 40.1 Å². The molecule has 9 heteroatoms. The lowest BCUT2D eigenvalue weighted by Gasteiger charge is -2.10. The van der Waals surface area contributed by atoms with Crippen LogP contribution in [0.1, 0.15) is 12.8 Å². The normalized spacial score (nSPS) is 17.2. The predicted molar refractivity (Wildman–Crippen MR) is 91.2 cm³/mol. The van der Waals surface area contributed by atoms with E-state index in [0.29, 0.717) is 28.8 Å². The molecule has 0 bridgehead atoms. The Morgan fingerprint density at radius 3 is 3.12 bits per heavy atom. The monoisotopic (exact) mass is 359 g/mol. The highest BCUT2D eigenvalue weighted by Crippen LogP contribution is 2.20. The minimum absolute atomic E-state index is 0.0561. The summed E-state index contributed by atoms with van der Waals surface area (Å²) < 4.78 is 12.5. The van der Waals surface area contributed by atoms with Crippen LogP contribution in [-0.4, -0.2) is 50.7 Å². The minimum Gasteiger partial charge on any atom is -0.463 e. The van der Waals surface area contributed by atoms with E-state index in [-0.39, 0.29) is 17.8 Å². The van der Waals surface area contributed by atoms with Gasteiger partial charge in [0.15, 0.2) is 11.4 Å². The van der Waals surface area contributed by atoms with E-state index in [1.54, 1.807) is 16.8 Å². The highest BCUT2D eigenvalue weighted by molar-refractivity contribution is 7.99. The smallest absolute Gasteiger partial charge is 0.230 e. The van der Waals surface area contributed by atoms with Crippen LogP contribution in [0, 0.1) is 0 Å². The Morgan fingerprint density at radius 1 is 1.36 bits per heavy atom. The van der Waals surface area contributed by atoms with E-state index in [0.717, 1.165) is 19.4 Å². The zero-order valence-corrected chi connectivity index (χ0v) is 14.2. The van der Waals surface area contributed by atoms with Crippen LogP contribution in [0.5, 0.6) is 0 Å². The van der Waals surface area contributed by atoms with E-state index in [1.807, 2.05) is 18.2 Å². The van der Waals surface area contributed by atoms with Crippen molar-refractivity contribution in [1.82, 2.24) is 25.1 Å². The maximum atomic E-state index is 12.0. The summed E-state index contributed by atoms with van der Waals surface area (Å²) in [7, 11) is 0. The molecule has 0 radical (unpaired) electrons. The molecule has 1 N–H and O–H groups in total. The van der Waals surface area contributed by atoms with Crippen molar-refractivity contribution in [3.8, 4) is 11.5 Å². The summed E-state index contributed by atoms with van der Waals surface area (Å²) >= 11 is 1.30. The Balaban J connectivity index is 1.40. The molecule has 1 amide bonds. The lowest BCUT2D eigenvalue weighted by Crippen LogP contribution is -2.32. The molecule has 8 nitrogen and oxygen atoms in total. The average molecular weight is 359 g/mol. The lowest BCUT2D eigenvalue weighted by molar-refractivity contribution is -0.119. The number of thioether (sulfide) groups is 1. The molecule has 1 aliphatic rings. The summed E-state index contributed by atoms with van der Waals surface area (Å²) in [5, 5.41) is 16.1. The van der Waals surface area contributed by atoms with Crippen LogP contribution in [0.3, 0.4) is 0 Å². The number of carbonyl (C=O) groups is 1. The minimum atomic E-state index is -0.0561. The van der Waals surface area contributed by atoms with Crippen molar-refractivity contribution < 1.29 is 13.9 Å². The molecule has 0 aliphatic carbocycles. The van der Waals surface area contributed by atoms with E-state index < -0.39 is 0 Å². The van der Waals surface area contributed by atoms with Gasteiger partial charge in [-0.3, -0.25) is 4.79 Å². The maximum Gasteiger partial charge on any atom is 0.230 e. The first kappa shape index (κ1) is 16.1. The van der Waals surface area contributed by atoms with Gasteiger partial charge in [-0.15, -0.1) is 10.2 Å². The van der Waals surface area contributed by atoms with E-state index in [4.69, 9.17) is 9.15 Å². The molecule has 1 fully saturated rings. The summed E-state index contributed by atoms with van der Waals surface area (Å²) in [6.45, 7) is 1.34. The largest absolute Gasteiger partial charge is 0.463 e. The SMILES string of the molecule is O=C(CSc1nnc2ccc(-c3ccco3)nn12)NC[C@@H]1CCCO1. The van der Waals surface area contributed by atoms with Gasteiger partial charge < -0.3 is 14.5 Å². The van der Waals surface area contributed by atoms with Crippen molar-refractivity contribution in [3.05, 3.63) is 30.5 Å². The molecule has 0 saturated carbocycles. The van der Waals surface area contributed by atoms with Crippen molar-refractivity contribution in [3.63, 3.8) is 0 Å². The molecule has 3 aromatic rings. The quantitative estimate of drug-likeness (QED) is 0.670. The number of carbonyl (C=O) groups excluding carboxylic acids is 1. The van der Waals surface area contributed by atoms with Crippen LogP contribution in [-0.2, 0) is 9.53 Å². The second kappa shape index (κ2) is 7.24. The summed E-state index contributed by atoms with van der Waals surface area (Å²) in [4.78, 5) is 12.0. The van der Waals surface area contributed by atoms with Crippen LogP contribution in [0.4, 0.5) is 0 Å². The van der Waals surface area contributed by atoms with Gasteiger partial charge in [-0.1, -0.05) is 11.8 Å². The first-order chi connectivity index (χ1) is 12.3. The average Bonchev–Trinajstić information content (AvgIpc) is 3.39. The Labute approximate surface area is 147 Å². The maximum absolute atomic E-state index is 12.0. The number of fused-ring (bicyclic) bond motifs is 1. The third-order valence-corrected chi connectivity index (χ3v) is 4.81. The van der Waals surface area contributed by atoms with Gasteiger partial charge in [0, 0.05) is 13.2 Å². The lowest BCUT2D eigenvalue weighted by atomic mass is 10.2. The topological polar surface area (TPSA) is 94.5 Å². The molecule has 1 saturated heterocycles. The third-order valence-electron chi connectivity index (χ3n) is 3.89. The Hall–Kier alpha value is -2.39. The van der Waals surface area contributed by atoms with Gasteiger partial charge in [0.25, 0.3) is 0 Å². The molecule has 1 atom stereocenters.